The Morgan fingerprint density at radius 3 is 2.13 bits per heavy atom. The van der Waals surface area contributed by atoms with Crippen molar-refractivity contribution >= 4 is 11.6 Å². The number of rotatable bonds is 1. The molecule has 5 aliphatic rings. The number of carbonyl (C=O) groups excluding carboxylic acids is 2. The van der Waals surface area contributed by atoms with Crippen molar-refractivity contribution in [3.8, 4) is 6.07 Å². The Labute approximate surface area is 237 Å². The molecule has 2 bridgehead atoms. The number of allylic oxidation sites excluding steroid dienone is 3. The highest BCUT2D eigenvalue weighted by Crippen LogP contribution is 2.73. The first-order chi connectivity index (χ1) is 17.8. The van der Waals surface area contributed by atoms with Crippen LogP contribution in [0.1, 0.15) is 121 Å². The Balaban J connectivity index is 1.78. The molecule has 4 nitrogen and oxygen atoms in total. The molecule has 1 spiro atoms. The summed E-state index contributed by atoms with van der Waals surface area (Å²) in [6.07, 6.45) is 11.7. The van der Waals surface area contributed by atoms with Gasteiger partial charge in [0.25, 0.3) is 0 Å². The van der Waals surface area contributed by atoms with Crippen LogP contribution in [0, 0.1) is 55.7 Å². The molecule has 7 atom stereocenters. The molecular formula is C35H51NO3. The lowest BCUT2D eigenvalue weighted by Gasteiger charge is -2.67. The van der Waals surface area contributed by atoms with Crippen LogP contribution >= 0.6 is 0 Å². The summed E-state index contributed by atoms with van der Waals surface area (Å²) < 4.78 is 7.43. The van der Waals surface area contributed by atoms with E-state index in [1.807, 2.05) is 26.0 Å². The Kier molecular flexibility index (Phi) is 6.20. The maximum absolute atomic E-state index is 14.9. The summed E-state index contributed by atoms with van der Waals surface area (Å²) in [5.41, 5.74) is -1.18. The minimum Gasteiger partial charge on any atom is -0.362 e. The summed E-state index contributed by atoms with van der Waals surface area (Å²) in [5.74, 6) is 0.433. The van der Waals surface area contributed by atoms with E-state index in [9.17, 15) is 14.9 Å². The molecule has 0 N–H and O–H groups in total. The van der Waals surface area contributed by atoms with Crippen molar-refractivity contribution in [1.29, 1.82) is 5.26 Å². The highest BCUT2D eigenvalue weighted by Gasteiger charge is 2.72. The third kappa shape index (κ3) is 3.57. The topological polar surface area (TPSA) is 67.2 Å². The summed E-state index contributed by atoms with van der Waals surface area (Å²) in [5, 5.41) is 9.97. The summed E-state index contributed by atoms with van der Waals surface area (Å²) in [4.78, 5) is 28.2. The van der Waals surface area contributed by atoms with Crippen LogP contribution in [0.25, 0.3) is 0 Å². The van der Waals surface area contributed by atoms with Gasteiger partial charge >= 0.3 is 0 Å². The molecule has 4 heteroatoms. The zero-order valence-corrected chi connectivity index (χ0v) is 26.2. The molecule has 0 aromatic carbocycles. The maximum atomic E-state index is 14.9. The Morgan fingerprint density at radius 2 is 1.51 bits per heavy atom. The number of hydrogen-bond acceptors (Lipinski definition) is 4. The second kappa shape index (κ2) is 8.40. The van der Waals surface area contributed by atoms with Crippen molar-refractivity contribution in [3.05, 3.63) is 23.3 Å². The van der Waals surface area contributed by atoms with Crippen LogP contribution in [-0.4, -0.2) is 23.3 Å². The van der Waals surface area contributed by atoms with Gasteiger partial charge in [-0.15, -0.1) is 0 Å². The van der Waals surface area contributed by atoms with Crippen LogP contribution in [0.3, 0.4) is 0 Å². The number of Topliss-reactive ketones (excluding diaryl/α,β-unsaturated/α-hetero) is 1. The van der Waals surface area contributed by atoms with Crippen LogP contribution in [-0.2, 0) is 14.3 Å². The van der Waals surface area contributed by atoms with Crippen LogP contribution in [0.4, 0.5) is 0 Å². The Hall–Kier alpha value is -1.73. The number of nitriles is 1. The predicted molar refractivity (Wildman–Crippen MR) is 155 cm³/mol. The van der Waals surface area contributed by atoms with Crippen molar-refractivity contribution in [2.75, 3.05) is 0 Å². The van der Waals surface area contributed by atoms with E-state index >= 15 is 0 Å². The van der Waals surface area contributed by atoms with Gasteiger partial charge in [-0.1, -0.05) is 75.3 Å². The highest BCUT2D eigenvalue weighted by atomic mass is 16.5. The van der Waals surface area contributed by atoms with Gasteiger partial charge in [0.1, 0.15) is 11.7 Å². The molecule has 1 unspecified atom stereocenters. The van der Waals surface area contributed by atoms with Gasteiger partial charge in [-0.2, -0.15) is 5.26 Å². The Bertz CT molecular complexity index is 1210. The maximum Gasteiger partial charge on any atom is 0.188 e. The fraction of sp³-hybridized carbons (Fsp3) is 0.800. The zero-order chi connectivity index (χ0) is 29.0. The number of hydrogen-bond donors (Lipinski definition) is 0. The lowest BCUT2D eigenvalue weighted by atomic mass is 9.37. The van der Waals surface area contributed by atoms with Crippen LogP contribution < -0.4 is 0 Å². The number of nitrogens with zero attached hydrogens (tertiary/aromatic N) is 1. The highest BCUT2D eigenvalue weighted by molar-refractivity contribution is 6.05. The molecule has 0 radical (unpaired) electrons. The van der Waals surface area contributed by atoms with Crippen LogP contribution in [0.2, 0.25) is 0 Å². The fourth-order valence-corrected chi connectivity index (χ4v) is 10.4. The van der Waals surface area contributed by atoms with E-state index in [1.54, 1.807) is 0 Å². The largest absolute Gasteiger partial charge is 0.362 e. The monoisotopic (exact) mass is 533 g/mol. The number of fused-ring (bicyclic) bond motifs is 6. The van der Waals surface area contributed by atoms with Crippen molar-refractivity contribution in [1.82, 2.24) is 0 Å². The molecule has 5 rings (SSSR count). The molecule has 3 aliphatic carbocycles. The third-order valence-corrected chi connectivity index (χ3v) is 13.2. The molecule has 39 heavy (non-hydrogen) atoms. The average molecular weight is 534 g/mol. The van der Waals surface area contributed by atoms with Gasteiger partial charge in [0, 0.05) is 16.2 Å². The van der Waals surface area contributed by atoms with Gasteiger partial charge in [-0.25, -0.2) is 0 Å². The van der Waals surface area contributed by atoms with E-state index in [0.29, 0.717) is 5.92 Å². The molecule has 0 aromatic rings. The van der Waals surface area contributed by atoms with Crippen LogP contribution in [0.15, 0.2) is 23.3 Å². The minimum atomic E-state index is -0.871. The van der Waals surface area contributed by atoms with Crippen molar-refractivity contribution in [2.24, 2.45) is 44.3 Å². The summed E-state index contributed by atoms with van der Waals surface area (Å²) in [7, 11) is 0. The quantitative estimate of drug-likeness (QED) is 0.341. The van der Waals surface area contributed by atoms with E-state index < -0.39 is 16.4 Å². The van der Waals surface area contributed by atoms with Gasteiger partial charge in [0.05, 0.1) is 11.7 Å². The first-order valence-corrected chi connectivity index (χ1v) is 15.5. The number of carbonyl (C=O) groups is 2. The fourth-order valence-electron chi connectivity index (χ4n) is 10.4. The van der Waals surface area contributed by atoms with E-state index in [1.165, 1.54) is 0 Å². The lowest BCUT2D eigenvalue weighted by molar-refractivity contribution is -0.218. The van der Waals surface area contributed by atoms with E-state index in [4.69, 9.17) is 4.74 Å². The summed E-state index contributed by atoms with van der Waals surface area (Å²) >= 11 is 0. The van der Waals surface area contributed by atoms with Gasteiger partial charge in [-0.3, -0.25) is 9.59 Å². The Morgan fingerprint density at radius 1 is 0.897 bits per heavy atom. The van der Waals surface area contributed by atoms with Crippen molar-refractivity contribution in [2.45, 2.75) is 132 Å². The summed E-state index contributed by atoms with van der Waals surface area (Å²) in [6.45, 7) is 22.6. The SMILES string of the molecule is CC(C)C1O[C@@]23CCC(C)(C)CC[C@@]1(C)CC[C@@]2(C)[C@]1(C)CC[C@H]2C(C)(C)C(=O)C(C#N)=C[C@]2(C)C1=CC3=O. The molecule has 214 valence electrons. The molecule has 2 heterocycles. The normalized spacial score (nSPS) is 46.8. The van der Waals surface area contributed by atoms with E-state index in [0.717, 1.165) is 56.9 Å². The summed E-state index contributed by atoms with van der Waals surface area (Å²) in [6, 6.07) is 2.22. The lowest BCUT2D eigenvalue weighted by Crippen LogP contribution is -2.68. The average Bonchev–Trinajstić information content (AvgIpc) is 2.92. The molecule has 0 amide bonds. The first kappa shape index (κ1) is 28.8. The van der Waals surface area contributed by atoms with Crippen LogP contribution in [0.5, 0.6) is 0 Å². The number of ether oxygens (including phenoxy) is 1. The molecule has 2 saturated heterocycles. The predicted octanol–water partition coefficient (Wildman–Crippen LogP) is 8.16. The van der Waals surface area contributed by atoms with Crippen molar-refractivity contribution < 1.29 is 14.3 Å². The standard InChI is InChI=1S/C35H51NO3/c1-22(2)28-31(7)15-13-29(3,4)14-18-35(39-28)26(37)19-25-32(8)20-23(21-36)27(38)30(5,6)24(32)11-12-33(25,9)34(35,10)17-16-31/h19-20,22,24,28H,11-18H2,1-10H3/t24-,28?,31-,32-,33+,34-,35+/m0/s1. The number of ketones is 2. The molecule has 3 fully saturated rings. The van der Waals surface area contributed by atoms with Crippen molar-refractivity contribution in [3.63, 3.8) is 0 Å². The molecule has 2 aliphatic heterocycles. The molecular weight excluding hydrogens is 482 g/mol. The second-order valence-corrected chi connectivity index (χ2v) is 16.6. The first-order valence-electron chi connectivity index (χ1n) is 15.5. The smallest absolute Gasteiger partial charge is 0.188 e. The second-order valence-electron chi connectivity index (χ2n) is 16.6. The van der Waals surface area contributed by atoms with Gasteiger partial charge in [0.15, 0.2) is 11.6 Å². The molecule has 0 aromatic heterocycles. The minimum absolute atomic E-state index is 0.00810. The third-order valence-electron chi connectivity index (χ3n) is 13.2. The zero-order valence-electron chi connectivity index (χ0n) is 26.2. The van der Waals surface area contributed by atoms with Gasteiger partial charge < -0.3 is 4.74 Å². The molecule has 1 saturated carbocycles. The van der Waals surface area contributed by atoms with E-state index in [2.05, 4.69) is 61.5 Å². The van der Waals surface area contributed by atoms with Gasteiger partial charge in [-0.05, 0) is 91.1 Å². The van der Waals surface area contributed by atoms with E-state index in [-0.39, 0.29) is 50.8 Å². The van der Waals surface area contributed by atoms with Gasteiger partial charge in [0.2, 0.25) is 0 Å².